The van der Waals surface area contributed by atoms with Crippen LogP contribution < -0.4 is 4.74 Å². The Hall–Kier alpha value is -2.73. The van der Waals surface area contributed by atoms with E-state index in [-0.39, 0.29) is 0 Å². The Morgan fingerprint density at radius 2 is 1.57 bits per heavy atom. The average Bonchev–Trinajstić information content (AvgIpc) is 2.52. The Morgan fingerprint density at radius 3 is 2.10 bits per heavy atom. The molecule has 0 heterocycles. The Bertz CT molecular complexity index is 636. The largest absolute Gasteiger partial charge is 0.495 e. The molecule has 0 spiro atoms. The average molecular weight is 279 g/mol. The molecular weight excluding hydrogens is 262 g/mol. The van der Waals surface area contributed by atoms with Crippen LogP contribution in [0.25, 0.3) is 11.1 Å². The Balaban J connectivity index is 1.95. The van der Waals surface area contributed by atoms with E-state index in [2.05, 4.69) is 12.6 Å². The topological polar surface area (TPSA) is 42.2 Å². The molecule has 2 aromatic rings. The van der Waals surface area contributed by atoms with Crippen LogP contribution in [-0.4, -0.2) is 13.2 Å². The number of rotatable bonds is 6. The Kier molecular flexibility index (Phi) is 5.00. The van der Waals surface area contributed by atoms with Crippen LogP contribution in [0.1, 0.15) is 12.5 Å². The van der Waals surface area contributed by atoms with Gasteiger partial charge in [0.2, 0.25) is 0 Å². The van der Waals surface area contributed by atoms with E-state index in [0.29, 0.717) is 24.5 Å². The van der Waals surface area contributed by atoms with Gasteiger partial charge in [0.15, 0.2) is 0 Å². The molecule has 2 aromatic carbocycles. The number of ether oxygens (including phenoxy) is 2. The summed E-state index contributed by atoms with van der Waals surface area (Å²) in [7, 11) is 0. The molecule has 0 aromatic heterocycles. The van der Waals surface area contributed by atoms with Gasteiger partial charge in [0.05, 0.1) is 17.4 Å². The molecule has 0 aliphatic heterocycles. The third-order valence-electron chi connectivity index (χ3n) is 2.90. The van der Waals surface area contributed by atoms with E-state index >= 15 is 0 Å². The number of nitriles is 1. The molecule has 3 nitrogen and oxygen atoms in total. The number of nitrogens with zero attached hydrogens (tertiary/aromatic N) is 1. The van der Waals surface area contributed by atoms with Crippen LogP contribution in [0.2, 0.25) is 0 Å². The lowest BCUT2D eigenvalue weighted by Gasteiger charge is -2.08. The molecule has 0 aliphatic carbocycles. The third kappa shape index (κ3) is 4.39. The minimum Gasteiger partial charge on any atom is -0.495 e. The van der Waals surface area contributed by atoms with E-state index in [9.17, 15) is 0 Å². The monoisotopic (exact) mass is 279 g/mol. The molecule has 0 aliphatic rings. The smallest absolute Gasteiger partial charge is 0.122 e. The van der Waals surface area contributed by atoms with Gasteiger partial charge in [0, 0.05) is 0 Å². The van der Waals surface area contributed by atoms with E-state index in [1.54, 1.807) is 0 Å². The van der Waals surface area contributed by atoms with Crippen molar-refractivity contribution in [1.82, 2.24) is 0 Å². The summed E-state index contributed by atoms with van der Waals surface area (Å²) >= 11 is 0. The summed E-state index contributed by atoms with van der Waals surface area (Å²) in [5.41, 5.74) is 2.83. The molecule has 0 unspecified atom stereocenters. The predicted molar refractivity (Wildman–Crippen MR) is 82.9 cm³/mol. The maximum absolute atomic E-state index is 8.79. The van der Waals surface area contributed by atoms with Gasteiger partial charge in [-0.3, -0.25) is 0 Å². The van der Waals surface area contributed by atoms with Crippen LogP contribution in [-0.2, 0) is 4.74 Å². The molecule has 21 heavy (non-hydrogen) atoms. The maximum Gasteiger partial charge on any atom is 0.122 e. The molecule has 2 rings (SSSR count). The van der Waals surface area contributed by atoms with Crippen LogP contribution >= 0.6 is 0 Å². The number of hydrogen-bond acceptors (Lipinski definition) is 3. The molecule has 106 valence electrons. The van der Waals surface area contributed by atoms with Crippen molar-refractivity contribution in [1.29, 1.82) is 5.26 Å². The van der Waals surface area contributed by atoms with Crippen molar-refractivity contribution in [3.8, 4) is 22.9 Å². The molecule has 0 amide bonds. The lowest BCUT2D eigenvalue weighted by molar-refractivity contribution is 0.158. The van der Waals surface area contributed by atoms with Crippen molar-refractivity contribution in [2.24, 2.45) is 0 Å². The zero-order valence-electron chi connectivity index (χ0n) is 12.0. The second-order valence-corrected chi connectivity index (χ2v) is 4.61. The van der Waals surface area contributed by atoms with Crippen LogP contribution in [0.15, 0.2) is 60.9 Å². The number of hydrogen-bond donors (Lipinski definition) is 0. The van der Waals surface area contributed by atoms with Crippen molar-refractivity contribution < 1.29 is 9.47 Å². The van der Waals surface area contributed by atoms with Gasteiger partial charge in [-0.05, 0) is 42.3 Å². The van der Waals surface area contributed by atoms with Crippen LogP contribution in [0.4, 0.5) is 0 Å². The summed E-state index contributed by atoms with van der Waals surface area (Å²) in [6, 6.07) is 17.5. The second kappa shape index (κ2) is 7.16. The number of allylic oxidation sites excluding steroid dienone is 1. The van der Waals surface area contributed by atoms with Crippen molar-refractivity contribution >= 4 is 0 Å². The van der Waals surface area contributed by atoms with Crippen LogP contribution in [0.5, 0.6) is 5.75 Å². The predicted octanol–water partition coefficient (Wildman–Crippen LogP) is 4.15. The van der Waals surface area contributed by atoms with E-state index in [0.717, 1.165) is 16.9 Å². The minimum absolute atomic E-state index is 0.489. The summed E-state index contributed by atoms with van der Waals surface area (Å²) in [5.74, 6) is 1.49. The van der Waals surface area contributed by atoms with Crippen LogP contribution in [0.3, 0.4) is 0 Å². The molecule has 0 fully saturated rings. The van der Waals surface area contributed by atoms with Crippen molar-refractivity contribution in [3.63, 3.8) is 0 Å². The van der Waals surface area contributed by atoms with E-state index in [1.165, 1.54) is 0 Å². The van der Waals surface area contributed by atoms with Gasteiger partial charge in [-0.25, -0.2) is 0 Å². The maximum atomic E-state index is 8.79. The molecule has 0 radical (unpaired) electrons. The normalized spacial score (nSPS) is 9.71. The fraction of sp³-hybridized carbons (Fsp3) is 0.167. The van der Waals surface area contributed by atoms with Gasteiger partial charge in [-0.1, -0.05) is 30.8 Å². The van der Waals surface area contributed by atoms with Gasteiger partial charge in [-0.2, -0.15) is 5.26 Å². The van der Waals surface area contributed by atoms with E-state index in [1.807, 2.05) is 55.5 Å². The summed E-state index contributed by atoms with van der Waals surface area (Å²) < 4.78 is 10.8. The number of benzene rings is 2. The molecule has 3 heteroatoms. The zero-order chi connectivity index (χ0) is 15.1. The minimum atomic E-state index is 0.489. The first-order valence-electron chi connectivity index (χ1n) is 6.71. The van der Waals surface area contributed by atoms with Crippen molar-refractivity contribution in [2.75, 3.05) is 13.2 Å². The molecule has 0 N–H and O–H groups in total. The third-order valence-corrected chi connectivity index (χ3v) is 2.90. The molecule has 0 bridgehead atoms. The molecular formula is C18H17NO2. The van der Waals surface area contributed by atoms with Gasteiger partial charge in [-0.15, -0.1) is 0 Å². The van der Waals surface area contributed by atoms with Gasteiger partial charge in [0.25, 0.3) is 0 Å². The molecule has 0 atom stereocenters. The summed E-state index contributed by atoms with van der Waals surface area (Å²) in [5, 5.41) is 8.79. The first-order valence-corrected chi connectivity index (χ1v) is 6.71. The van der Waals surface area contributed by atoms with Crippen molar-refractivity contribution in [2.45, 2.75) is 6.92 Å². The Labute approximate surface area is 125 Å². The first-order chi connectivity index (χ1) is 10.2. The molecule has 0 saturated carbocycles. The molecule has 0 saturated heterocycles. The van der Waals surface area contributed by atoms with Gasteiger partial charge >= 0.3 is 0 Å². The summed E-state index contributed by atoms with van der Waals surface area (Å²) in [4.78, 5) is 0. The highest BCUT2D eigenvalue weighted by atomic mass is 16.5. The highest BCUT2D eigenvalue weighted by molar-refractivity contribution is 5.64. The SMILES string of the molecule is C=C(C)OCCOc1ccc(-c2ccc(C#N)cc2)cc1. The highest BCUT2D eigenvalue weighted by Crippen LogP contribution is 2.22. The van der Waals surface area contributed by atoms with Gasteiger partial charge < -0.3 is 9.47 Å². The summed E-state index contributed by atoms with van der Waals surface area (Å²) in [6.07, 6.45) is 0. The van der Waals surface area contributed by atoms with Crippen molar-refractivity contribution in [3.05, 3.63) is 66.4 Å². The van der Waals surface area contributed by atoms with Crippen LogP contribution in [0, 0.1) is 11.3 Å². The fourth-order valence-corrected chi connectivity index (χ4v) is 1.86. The lowest BCUT2D eigenvalue weighted by atomic mass is 10.0. The highest BCUT2D eigenvalue weighted by Gasteiger charge is 1.99. The summed E-state index contributed by atoms with van der Waals surface area (Å²) in [6.45, 7) is 6.45. The standard InChI is InChI=1S/C18H17NO2/c1-14(2)20-11-12-21-18-9-7-17(8-10-18)16-5-3-15(13-19)4-6-16/h3-10H,1,11-12H2,2H3. The fourth-order valence-electron chi connectivity index (χ4n) is 1.86. The van der Waals surface area contributed by atoms with E-state index in [4.69, 9.17) is 14.7 Å². The first kappa shape index (κ1) is 14.7. The van der Waals surface area contributed by atoms with Gasteiger partial charge in [0.1, 0.15) is 19.0 Å². The van der Waals surface area contributed by atoms with E-state index < -0.39 is 0 Å². The second-order valence-electron chi connectivity index (χ2n) is 4.61. The zero-order valence-corrected chi connectivity index (χ0v) is 12.0. The Morgan fingerprint density at radius 1 is 1.00 bits per heavy atom. The lowest BCUT2D eigenvalue weighted by Crippen LogP contribution is -2.05. The quantitative estimate of drug-likeness (QED) is 0.589.